The van der Waals surface area contributed by atoms with E-state index in [0.29, 0.717) is 130 Å². The lowest BCUT2D eigenvalue weighted by Crippen LogP contribution is -2.48. The van der Waals surface area contributed by atoms with Crippen LogP contribution in [-0.4, -0.2) is 178 Å². The molecule has 0 aliphatic heterocycles. The first-order valence-corrected chi connectivity index (χ1v) is 21.9. The van der Waals surface area contributed by atoms with Crippen LogP contribution >= 0.6 is 0 Å². The standard InChI is InChI=1S/C41H84N10O5/c1-8-13-37(52)45-20-19-43-21-25-47(30-34-50(40(55)16-11-4)26-22-44-36(6)7)28-29-48(31-33-49(24-18-42)39(54)15-10-3)32-35-51(41(56)17-12-5)27-23-46-38(53)14-9-2/h36,43-44H,8-35,42H2,1-7H3,(H,45,52)(H,46,53). The van der Waals surface area contributed by atoms with Gasteiger partial charge >= 0.3 is 0 Å². The largest absolute Gasteiger partial charge is 0.355 e. The SMILES string of the molecule is CCCC(=O)NCCNCCN(CCN(CCN(CCN)C(=O)CCC)CCN(CCNC(=O)CCC)C(=O)CCC)CCN(CCNC(C)C)C(=O)CCC. The van der Waals surface area contributed by atoms with Crippen molar-refractivity contribution in [1.82, 2.24) is 45.8 Å². The number of nitrogens with one attached hydrogen (secondary N) is 4. The number of nitrogens with two attached hydrogens (primary N) is 1. The first kappa shape index (κ1) is 53.1. The molecule has 56 heavy (non-hydrogen) atoms. The zero-order valence-electron chi connectivity index (χ0n) is 36.7. The number of rotatable bonds is 37. The van der Waals surface area contributed by atoms with Crippen molar-refractivity contribution < 1.29 is 24.0 Å². The first-order valence-electron chi connectivity index (χ1n) is 21.9. The smallest absolute Gasteiger partial charge is 0.222 e. The van der Waals surface area contributed by atoms with Crippen molar-refractivity contribution in [1.29, 1.82) is 0 Å². The van der Waals surface area contributed by atoms with E-state index in [1.807, 2.05) is 49.3 Å². The molecule has 0 aromatic carbocycles. The molecule has 0 bridgehead atoms. The molecule has 0 heterocycles. The van der Waals surface area contributed by atoms with Crippen LogP contribution in [0.2, 0.25) is 0 Å². The van der Waals surface area contributed by atoms with E-state index < -0.39 is 0 Å². The second kappa shape index (κ2) is 35.3. The minimum absolute atomic E-state index is 0.00395. The van der Waals surface area contributed by atoms with Crippen molar-refractivity contribution in [3.05, 3.63) is 0 Å². The predicted molar refractivity (Wildman–Crippen MR) is 228 cm³/mol. The summed E-state index contributed by atoms with van der Waals surface area (Å²) in [7, 11) is 0. The van der Waals surface area contributed by atoms with E-state index >= 15 is 0 Å². The summed E-state index contributed by atoms with van der Waals surface area (Å²) in [6.45, 7) is 25.1. The fourth-order valence-electron chi connectivity index (χ4n) is 6.20. The van der Waals surface area contributed by atoms with Crippen LogP contribution in [-0.2, 0) is 24.0 Å². The Morgan fingerprint density at radius 2 is 0.839 bits per heavy atom. The Morgan fingerprint density at radius 3 is 1.27 bits per heavy atom. The molecule has 5 amide bonds. The Bertz CT molecular complexity index is 1050. The van der Waals surface area contributed by atoms with Crippen molar-refractivity contribution >= 4 is 29.5 Å². The topological polar surface area (TPSA) is 176 Å². The summed E-state index contributed by atoms with van der Waals surface area (Å²) in [6.07, 6.45) is 6.35. The maximum Gasteiger partial charge on any atom is 0.222 e. The highest BCUT2D eigenvalue weighted by Crippen LogP contribution is 2.05. The Morgan fingerprint density at radius 1 is 0.446 bits per heavy atom. The minimum atomic E-state index is -0.00395. The van der Waals surface area contributed by atoms with E-state index in [1.165, 1.54) is 0 Å². The fourth-order valence-corrected chi connectivity index (χ4v) is 6.20. The summed E-state index contributed by atoms with van der Waals surface area (Å²) < 4.78 is 0. The van der Waals surface area contributed by atoms with Crippen molar-refractivity contribution in [2.24, 2.45) is 5.73 Å². The normalized spacial score (nSPS) is 11.3. The molecule has 0 spiro atoms. The van der Waals surface area contributed by atoms with Crippen molar-refractivity contribution in [2.75, 3.05) is 118 Å². The van der Waals surface area contributed by atoms with Crippen LogP contribution in [0.1, 0.15) is 113 Å². The molecular formula is C41H84N10O5. The number of nitrogens with zero attached hydrogens (tertiary/aromatic N) is 5. The van der Waals surface area contributed by atoms with Gasteiger partial charge in [-0.2, -0.15) is 0 Å². The Balaban J connectivity index is 6.07. The zero-order valence-corrected chi connectivity index (χ0v) is 36.7. The second-order valence-electron chi connectivity index (χ2n) is 14.9. The van der Waals surface area contributed by atoms with Gasteiger partial charge in [0.2, 0.25) is 29.5 Å². The average molecular weight is 797 g/mol. The second-order valence-corrected chi connectivity index (χ2v) is 14.9. The molecule has 15 nitrogen and oxygen atoms in total. The van der Waals surface area contributed by atoms with Gasteiger partial charge in [0.05, 0.1) is 0 Å². The molecule has 0 atom stereocenters. The lowest BCUT2D eigenvalue weighted by atomic mass is 10.2. The maximum atomic E-state index is 13.2. The third-order valence-corrected chi connectivity index (χ3v) is 9.46. The number of hydrogen-bond acceptors (Lipinski definition) is 10. The molecule has 6 N–H and O–H groups in total. The molecule has 0 saturated heterocycles. The lowest BCUT2D eigenvalue weighted by Gasteiger charge is -2.33. The Labute approximate surface area is 340 Å². The van der Waals surface area contributed by atoms with E-state index in [-0.39, 0.29) is 29.5 Å². The molecule has 0 aliphatic rings. The van der Waals surface area contributed by atoms with Crippen LogP contribution in [0.5, 0.6) is 0 Å². The highest BCUT2D eigenvalue weighted by Gasteiger charge is 2.20. The summed E-state index contributed by atoms with van der Waals surface area (Å²) in [5, 5.41) is 12.8. The fraction of sp³-hybridized carbons (Fsp3) is 0.878. The number of amides is 5. The van der Waals surface area contributed by atoms with Gasteiger partial charge in [-0.25, -0.2) is 0 Å². The Hall–Kier alpha value is -2.85. The van der Waals surface area contributed by atoms with Crippen molar-refractivity contribution in [2.45, 2.75) is 119 Å². The highest BCUT2D eigenvalue weighted by molar-refractivity contribution is 5.78. The average Bonchev–Trinajstić information content (AvgIpc) is 3.15. The zero-order chi connectivity index (χ0) is 42.0. The molecule has 0 aliphatic carbocycles. The van der Waals surface area contributed by atoms with Gasteiger partial charge in [-0.05, 0) is 32.1 Å². The third kappa shape index (κ3) is 27.7. The van der Waals surface area contributed by atoms with Crippen LogP contribution in [0, 0.1) is 0 Å². The Kier molecular flexibility index (Phi) is 33.5. The maximum absolute atomic E-state index is 13.2. The van der Waals surface area contributed by atoms with Crippen LogP contribution < -0.4 is 27.0 Å². The predicted octanol–water partition coefficient (Wildman–Crippen LogP) is 1.86. The van der Waals surface area contributed by atoms with E-state index in [9.17, 15) is 24.0 Å². The van der Waals surface area contributed by atoms with Crippen molar-refractivity contribution in [3.63, 3.8) is 0 Å². The minimum Gasteiger partial charge on any atom is -0.355 e. The van der Waals surface area contributed by atoms with Gasteiger partial charge < -0.3 is 41.7 Å². The van der Waals surface area contributed by atoms with Gasteiger partial charge in [-0.1, -0.05) is 48.5 Å². The number of carbonyl (C=O) groups is 5. The third-order valence-electron chi connectivity index (χ3n) is 9.46. The molecule has 0 aromatic heterocycles. The van der Waals surface area contributed by atoms with Gasteiger partial charge in [0.1, 0.15) is 0 Å². The van der Waals surface area contributed by atoms with E-state index in [2.05, 4.69) is 44.9 Å². The molecular weight excluding hydrogens is 713 g/mol. The van der Waals surface area contributed by atoms with Gasteiger partial charge in [0, 0.05) is 156 Å². The summed E-state index contributed by atoms with van der Waals surface area (Å²) in [6, 6.07) is 0.337. The van der Waals surface area contributed by atoms with Crippen LogP contribution in [0.15, 0.2) is 0 Å². The quantitative estimate of drug-likeness (QED) is 0.0584. The molecule has 0 aromatic rings. The number of carbonyl (C=O) groups excluding carboxylic acids is 5. The molecule has 0 unspecified atom stereocenters. The van der Waals surface area contributed by atoms with E-state index in [4.69, 9.17) is 5.73 Å². The van der Waals surface area contributed by atoms with Gasteiger partial charge in [-0.15, -0.1) is 0 Å². The first-order chi connectivity index (χ1) is 26.9. The van der Waals surface area contributed by atoms with E-state index in [1.54, 1.807) is 0 Å². The van der Waals surface area contributed by atoms with Gasteiger partial charge in [-0.3, -0.25) is 33.8 Å². The summed E-state index contributed by atoms with van der Waals surface area (Å²) in [5.74, 6) is 0.401. The van der Waals surface area contributed by atoms with Crippen LogP contribution in [0.4, 0.5) is 0 Å². The molecule has 328 valence electrons. The van der Waals surface area contributed by atoms with Gasteiger partial charge in [0.25, 0.3) is 0 Å². The number of hydrogen-bond donors (Lipinski definition) is 5. The van der Waals surface area contributed by atoms with Gasteiger partial charge in [0.15, 0.2) is 0 Å². The monoisotopic (exact) mass is 797 g/mol. The molecule has 15 heteroatoms. The van der Waals surface area contributed by atoms with E-state index in [0.717, 1.165) is 58.3 Å². The summed E-state index contributed by atoms with van der Waals surface area (Å²) in [4.78, 5) is 73.8. The summed E-state index contributed by atoms with van der Waals surface area (Å²) in [5.41, 5.74) is 5.92. The molecule has 0 saturated carbocycles. The highest BCUT2D eigenvalue weighted by atomic mass is 16.2. The van der Waals surface area contributed by atoms with Crippen LogP contribution in [0.3, 0.4) is 0 Å². The molecule has 0 radical (unpaired) electrons. The van der Waals surface area contributed by atoms with Crippen molar-refractivity contribution in [3.8, 4) is 0 Å². The summed E-state index contributed by atoms with van der Waals surface area (Å²) >= 11 is 0. The lowest BCUT2D eigenvalue weighted by molar-refractivity contribution is -0.132. The van der Waals surface area contributed by atoms with Crippen LogP contribution in [0.25, 0.3) is 0 Å². The molecule has 0 rings (SSSR count). The molecule has 0 fully saturated rings.